The summed E-state index contributed by atoms with van der Waals surface area (Å²) in [6, 6.07) is 1.66. The first kappa shape index (κ1) is 12.8. The van der Waals surface area contributed by atoms with Gasteiger partial charge in [-0.1, -0.05) is 0 Å². The van der Waals surface area contributed by atoms with Gasteiger partial charge in [-0.05, 0) is 27.9 Å². The van der Waals surface area contributed by atoms with Crippen molar-refractivity contribution in [2.24, 2.45) is 0 Å². The predicted molar refractivity (Wildman–Crippen MR) is 63.0 cm³/mol. The summed E-state index contributed by atoms with van der Waals surface area (Å²) in [4.78, 5) is 11.7. The first-order valence-electron chi connectivity index (χ1n) is 5.43. The number of halogens is 1. The summed E-state index contributed by atoms with van der Waals surface area (Å²) in [6.45, 7) is 5.83. The van der Waals surface area contributed by atoms with Gasteiger partial charge in [0.05, 0.1) is 0 Å². The van der Waals surface area contributed by atoms with Crippen molar-refractivity contribution < 1.29 is 4.39 Å². The first-order chi connectivity index (χ1) is 7.54. The average Bonchev–Trinajstić information content (AvgIpc) is 2.17. The van der Waals surface area contributed by atoms with Crippen LogP contribution in [0.25, 0.3) is 0 Å². The highest BCUT2D eigenvalue weighted by molar-refractivity contribution is 5.38. The topological polar surface area (TPSA) is 32.3 Å². The second-order valence-corrected chi connectivity index (χ2v) is 4.10. The molecule has 0 saturated heterocycles. The summed E-state index contributed by atoms with van der Waals surface area (Å²) in [7, 11) is 4.04. The maximum Gasteiger partial charge on any atom is 0.218 e. The van der Waals surface area contributed by atoms with Gasteiger partial charge in [-0.3, -0.25) is 0 Å². The predicted octanol–water partition coefficient (Wildman–Crippen LogP) is 1.39. The molecule has 1 aromatic heterocycles. The van der Waals surface area contributed by atoms with Crippen molar-refractivity contribution in [2.75, 3.05) is 32.1 Å². The van der Waals surface area contributed by atoms with Gasteiger partial charge in [0, 0.05) is 25.2 Å². The molecule has 1 atom stereocenters. The van der Waals surface area contributed by atoms with Crippen LogP contribution in [0.3, 0.4) is 0 Å². The molecule has 0 saturated carbocycles. The molecule has 0 N–H and O–H groups in total. The van der Waals surface area contributed by atoms with Gasteiger partial charge in [0.15, 0.2) is 0 Å². The lowest BCUT2D eigenvalue weighted by Gasteiger charge is -2.30. The lowest BCUT2D eigenvalue weighted by molar-refractivity contribution is 0.372. The van der Waals surface area contributed by atoms with Gasteiger partial charge in [-0.25, -0.2) is 9.97 Å². The Morgan fingerprint density at radius 1 is 1.38 bits per heavy atom. The van der Waals surface area contributed by atoms with Crippen LogP contribution in [0.1, 0.15) is 13.8 Å². The Kier molecular flexibility index (Phi) is 4.61. The first-order valence-corrected chi connectivity index (χ1v) is 5.43. The van der Waals surface area contributed by atoms with E-state index in [-0.39, 0.29) is 6.04 Å². The Morgan fingerprint density at radius 3 is 2.56 bits per heavy atom. The number of anilines is 1. The summed E-state index contributed by atoms with van der Waals surface area (Å²) in [5.74, 6) is 0.157. The molecular weight excluding hydrogens is 207 g/mol. The highest BCUT2D eigenvalue weighted by Crippen LogP contribution is 2.13. The van der Waals surface area contributed by atoms with Crippen molar-refractivity contribution in [2.45, 2.75) is 19.9 Å². The Hall–Kier alpha value is -1.23. The van der Waals surface area contributed by atoms with Gasteiger partial charge < -0.3 is 9.80 Å². The second-order valence-electron chi connectivity index (χ2n) is 4.10. The molecule has 1 heterocycles. The number of likely N-dealkylation sites (N-methyl/N-ethyl adjacent to an activating group) is 2. The summed E-state index contributed by atoms with van der Waals surface area (Å²) >= 11 is 0. The van der Waals surface area contributed by atoms with Crippen LogP contribution in [0.4, 0.5) is 10.2 Å². The summed E-state index contributed by atoms with van der Waals surface area (Å²) < 4.78 is 13.0. The van der Waals surface area contributed by atoms with E-state index in [1.807, 2.05) is 21.0 Å². The van der Waals surface area contributed by atoms with Gasteiger partial charge >= 0.3 is 0 Å². The van der Waals surface area contributed by atoms with Crippen LogP contribution >= 0.6 is 0 Å². The molecule has 4 nitrogen and oxygen atoms in total. The van der Waals surface area contributed by atoms with Crippen LogP contribution in [0.5, 0.6) is 0 Å². The summed E-state index contributed by atoms with van der Waals surface area (Å²) in [5.41, 5.74) is 0. The molecule has 16 heavy (non-hydrogen) atoms. The average molecular weight is 226 g/mol. The van der Waals surface area contributed by atoms with Crippen molar-refractivity contribution in [3.8, 4) is 0 Å². The van der Waals surface area contributed by atoms with E-state index in [1.54, 1.807) is 0 Å². The quantitative estimate of drug-likeness (QED) is 0.710. The van der Waals surface area contributed by atoms with Crippen molar-refractivity contribution in [1.29, 1.82) is 0 Å². The Bertz CT molecular complexity index is 330. The zero-order valence-corrected chi connectivity index (χ0v) is 10.3. The van der Waals surface area contributed by atoms with Crippen LogP contribution in [0, 0.1) is 5.95 Å². The lowest BCUT2D eigenvalue weighted by Crippen LogP contribution is -2.40. The molecule has 1 aromatic rings. The molecule has 0 amide bonds. The molecule has 0 bridgehead atoms. The van der Waals surface area contributed by atoms with E-state index in [0.29, 0.717) is 5.82 Å². The Morgan fingerprint density at radius 2 is 2.06 bits per heavy atom. The number of nitrogens with zero attached hydrogens (tertiary/aromatic N) is 4. The molecule has 0 fully saturated rings. The van der Waals surface area contributed by atoms with Crippen LogP contribution in [-0.4, -0.2) is 48.1 Å². The van der Waals surface area contributed by atoms with E-state index < -0.39 is 5.95 Å². The van der Waals surface area contributed by atoms with E-state index in [9.17, 15) is 4.39 Å². The third-order valence-electron chi connectivity index (χ3n) is 2.42. The van der Waals surface area contributed by atoms with E-state index in [1.165, 1.54) is 12.4 Å². The number of hydrogen-bond donors (Lipinski definition) is 0. The van der Waals surface area contributed by atoms with Crippen LogP contribution < -0.4 is 4.90 Å². The minimum Gasteiger partial charge on any atom is -0.353 e. The molecule has 5 heteroatoms. The zero-order valence-electron chi connectivity index (χ0n) is 10.3. The molecule has 90 valence electrons. The molecule has 0 aromatic carbocycles. The SMILES string of the molecule is CCN(c1cc(F)ncn1)C(C)CN(C)C. The smallest absolute Gasteiger partial charge is 0.218 e. The zero-order chi connectivity index (χ0) is 12.1. The molecule has 1 rings (SSSR count). The van der Waals surface area contributed by atoms with Gasteiger partial charge in [0.25, 0.3) is 0 Å². The number of hydrogen-bond acceptors (Lipinski definition) is 4. The van der Waals surface area contributed by atoms with Gasteiger partial charge in [0.2, 0.25) is 5.95 Å². The summed E-state index contributed by atoms with van der Waals surface area (Å²) in [6.07, 6.45) is 1.26. The summed E-state index contributed by atoms with van der Waals surface area (Å²) in [5, 5.41) is 0. The maximum absolute atomic E-state index is 13.0. The highest BCUT2D eigenvalue weighted by atomic mass is 19.1. The lowest BCUT2D eigenvalue weighted by atomic mass is 10.2. The Balaban J connectivity index is 2.81. The van der Waals surface area contributed by atoms with E-state index in [0.717, 1.165) is 13.1 Å². The molecule has 0 radical (unpaired) electrons. The van der Waals surface area contributed by atoms with Crippen molar-refractivity contribution >= 4 is 5.82 Å². The number of aromatic nitrogens is 2. The second kappa shape index (κ2) is 5.75. The molecule has 0 aliphatic heterocycles. The fourth-order valence-corrected chi connectivity index (χ4v) is 1.81. The molecule has 0 aliphatic rings. The highest BCUT2D eigenvalue weighted by Gasteiger charge is 2.15. The fraction of sp³-hybridized carbons (Fsp3) is 0.636. The van der Waals surface area contributed by atoms with Gasteiger partial charge in [0.1, 0.15) is 12.1 Å². The third-order valence-corrected chi connectivity index (χ3v) is 2.42. The molecule has 1 unspecified atom stereocenters. The van der Waals surface area contributed by atoms with Crippen molar-refractivity contribution in [3.05, 3.63) is 18.3 Å². The molecular formula is C11H19FN4. The maximum atomic E-state index is 13.0. The van der Waals surface area contributed by atoms with E-state index >= 15 is 0 Å². The standard InChI is InChI=1S/C11H19FN4/c1-5-16(9(2)7-15(3)4)11-6-10(12)13-8-14-11/h6,8-9H,5,7H2,1-4H3. The fourth-order valence-electron chi connectivity index (χ4n) is 1.81. The Labute approximate surface area is 96.1 Å². The van der Waals surface area contributed by atoms with Gasteiger partial charge in [-0.2, -0.15) is 4.39 Å². The molecule has 0 aliphatic carbocycles. The van der Waals surface area contributed by atoms with E-state index in [4.69, 9.17) is 0 Å². The minimum atomic E-state index is -0.486. The number of rotatable bonds is 5. The normalized spacial score (nSPS) is 12.9. The molecule has 0 spiro atoms. The minimum absolute atomic E-state index is 0.286. The van der Waals surface area contributed by atoms with Crippen LogP contribution in [0.15, 0.2) is 12.4 Å². The third kappa shape index (κ3) is 3.41. The van der Waals surface area contributed by atoms with Gasteiger partial charge in [-0.15, -0.1) is 0 Å². The van der Waals surface area contributed by atoms with E-state index in [2.05, 4.69) is 26.7 Å². The largest absolute Gasteiger partial charge is 0.353 e. The van der Waals surface area contributed by atoms with Crippen LogP contribution in [0.2, 0.25) is 0 Å². The van der Waals surface area contributed by atoms with Crippen molar-refractivity contribution in [1.82, 2.24) is 14.9 Å². The van der Waals surface area contributed by atoms with Crippen molar-refractivity contribution in [3.63, 3.8) is 0 Å². The van der Waals surface area contributed by atoms with Crippen LogP contribution in [-0.2, 0) is 0 Å². The monoisotopic (exact) mass is 226 g/mol.